The largest absolute Gasteiger partial charge is 0.467 e. The lowest BCUT2D eigenvalue weighted by molar-refractivity contribution is -0.144. The van der Waals surface area contributed by atoms with Gasteiger partial charge in [-0.2, -0.15) is 0 Å². The second-order valence-corrected chi connectivity index (χ2v) is 4.37. The number of aliphatic hydroxyl groups is 1. The minimum atomic E-state index is -0.937. The molecule has 1 aromatic carbocycles. The molecule has 0 heterocycles. The van der Waals surface area contributed by atoms with Crippen LogP contribution in [0.15, 0.2) is 30.3 Å². The molecule has 0 radical (unpaired) electrons. The highest BCUT2D eigenvalue weighted by Gasteiger charge is 2.27. The van der Waals surface area contributed by atoms with Crippen molar-refractivity contribution >= 4 is 12.1 Å². The molecule has 110 valence electrons. The number of benzene rings is 1. The number of esters is 1. The van der Waals surface area contributed by atoms with Gasteiger partial charge in [-0.05, 0) is 5.56 Å². The summed E-state index contributed by atoms with van der Waals surface area (Å²) in [6, 6.07) is 8.24. The molecule has 0 aliphatic rings. The van der Waals surface area contributed by atoms with Gasteiger partial charge >= 0.3 is 12.1 Å². The Morgan fingerprint density at radius 2 is 1.95 bits per heavy atom. The molecule has 1 amide bonds. The molecule has 0 spiro atoms. The third-order valence-electron chi connectivity index (χ3n) is 2.80. The Kier molecular flexibility index (Phi) is 6.52. The van der Waals surface area contributed by atoms with Gasteiger partial charge in [0.2, 0.25) is 0 Å². The van der Waals surface area contributed by atoms with Crippen molar-refractivity contribution in [2.75, 3.05) is 13.7 Å². The van der Waals surface area contributed by atoms with Crippen molar-refractivity contribution in [1.82, 2.24) is 5.32 Å². The second-order valence-electron chi connectivity index (χ2n) is 4.37. The Hall–Kier alpha value is -2.08. The summed E-state index contributed by atoms with van der Waals surface area (Å²) in [6.45, 7) is 1.48. The zero-order chi connectivity index (χ0) is 15.0. The van der Waals surface area contributed by atoms with E-state index >= 15 is 0 Å². The SMILES string of the molecule is COC(=O)[C@@H](NC(=O)OCc1ccccc1)[C@@H](C)CO. The van der Waals surface area contributed by atoms with Gasteiger partial charge in [-0.3, -0.25) is 0 Å². The number of rotatable bonds is 6. The van der Waals surface area contributed by atoms with E-state index in [9.17, 15) is 9.59 Å². The van der Waals surface area contributed by atoms with Crippen LogP contribution >= 0.6 is 0 Å². The first-order valence-electron chi connectivity index (χ1n) is 6.24. The van der Waals surface area contributed by atoms with Crippen LogP contribution < -0.4 is 5.32 Å². The molecule has 0 aromatic heterocycles. The number of aliphatic hydroxyl groups excluding tert-OH is 1. The van der Waals surface area contributed by atoms with Crippen LogP contribution in [0.2, 0.25) is 0 Å². The Bertz CT molecular complexity index is 434. The van der Waals surface area contributed by atoms with Crippen LogP contribution in [0.1, 0.15) is 12.5 Å². The fourth-order valence-electron chi connectivity index (χ4n) is 1.56. The molecular formula is C14H19NO5. The van der Waals surface area contributed by atoms with Crippen LogP contribution in [-0.2, 0) is 20.9 Å². The van der Waals surface area contributed by atoms with E-state index in [0.29, 0.717) is 0 Å². The number of hydrogen-bond donors (Lipinski definition) is 2. The number of hydrogen-bond acceptors (Lipinski definition) is 5. The lowest BCUT2D eigenvalue weighted by atomic mass is 10.0. The molecule has 2 N–H and O–H groups in total. The second kappa shape index (κ2) is 8.16. The topological polar surface area (TPSA) is 84.9 Å². The van der Waals surface area contributed by atoms with E-state index in [1.807, 2.05) is 30.3 Å². The maximum Gasteiger partial charge on any atom is 0.408 e. The van der Waals surface area contributed by atoms with Crippen LogP contribution in [0.3, 0.4) is 0 Å². The average Bonchev–Trinajstić information content (AvgIpc) is 2.50. The molecule has 6 nitrogen and oxygen atoms in total. The minimum absolute atomic E-state index is 0.105. The van der Waals surface area contributed by atoms with Crippen molar-refractivity contribution in [2.24, 2.45) is 5.92 Å². The van der Waals surface area contributed by atoms with Crippen LogP contribution in [0.5, 0.6) is 0 Å². The minimum Gasteiger partial charge on any atom is -0.467 e. The quantitative estimate of drug-likeness (QED) is 0.762. The van der Waals surface area contributed by atoms with Gasteiger partial charge in [0.25, 0.3) is 0 Å². The van der Waals surface area contributed by atoms with Gasteiger partial charge in [-0.15, -0.1) is 0 Å². The smallest absolute Gasteiger partial charge is 0.408 e. The van der Waals surface area contributed by atoms with E-state index < -0.39 is 24.0 Å². The third kappa shape index (κ3) is 4.89. The lowest BCUT2D eigenvalue weighted by Crippen LogP contribution is -2.47. The van der Waals surface area contributed by atoms with Crippen molar-refractivity contribution in [1.29, 1.82) is 0 Å². The van der Waals surface area contributed by atoms with E-state index in [1.165, 1.54) is 7.11 Å². The van der Waals surface area contributed by atoms with Crippen molar-refractivity contribution in [3.8, 4) is 0 Å². The Labute approximate surface area is 117 Å². The summed E-state index contributed by atoms with van der Waals surface area (Å²) in [7, 11) is 1.22. The number of nitrogens with one attached hydrogen (secondary N) is 1. The highest BCUT2D eigenvalue weighted by Crippen LogP contribution is 2.06. The molecule has 0 aliphatic carbocycles. The number of amides is 1. The molecular weight excluding hydrogens is 262 g/mol. The predicted octanol–water partition coefficient (Wildman–Crippen LogP) is 1.08. The van der Waals surface area contributed by atoms with Gasteiger partial charge in [0, 0.05) is 12.5 Å². The van der Waals surface area contributed by atoms with Crippen molar-refractivity contribution in [2.45, 2.75) is 19.6 Å². The Balaban J connectivity index is 2.51. The molecule has 0 fully saturated rings. The standard InChI is InChI=1S/C14H19NO5/c1-10(8-16)12(13(17)19-2)15-14(18)20-9-11-6-4-3-5-7-11/h3-7,10,12,16H,8-9H2,1-2H3,(H,15,18)/t10-,12-/m0/s1. The van der Waals surface area contributed by atoms with E-state index in [2.05, 4.69) is 10.1 Å². The van der Waals surface area contributed by atoms with Gasteiger partial charge in [-0.1, -0.05) is 37.3 Å². The summed E-state index contributed by atoms with van der Waals surface area (Å²) in [6.07, 6.45) is -0.732. The molecule has 2 atom stereocenters. The first kappa shape index (κ1) is 16.0. The van der Waals surface area contributed by atoms with E-state index in [4.69, 9.17) is 9.84 Å². The van der Waals surface area contributed by atoms with Crippen LogP contribution in [0.25, 0.3) is 0 Å². The lowest BCUT2D eigenvalue weighted by Gasteiger charge is -2.20. The average molecular weight is 281 g/mol. The molecule has 20 heavy (non-hydrogen) atoms. The first-order valence-corrected chi connectivity index (χ1v) is 6.24. The molecule has 0 aliphatic heterocycles. The van der Waals surface area contributed by atoms with Gasteiger partial charge in [0.1, 0.15) is 12.6 Å². The summed E-state index contributed by atoms with van der Waals surface area (Å²) >= 11 is 0. The van der Waals surface area contributed by atoms with Gasteiger partial charge in [0.15, 0.2) is 0 Å². The summed E-state index contributed by atoms with van der Waals surface area (Å²) in [5, 5.41) is 11.5. The molecule has 0 bridgehead atoms. The highest BCUT2D eigenvalue weighted by atomic mass is 16.6. The summed E-state index contributed by atoms with van der Waals surface area (Å²) in [5.74, 6) is -1.09. The van der Waals surface area contributed by atoms with Crippen LogP contribution in [-0.4, -0.2) is 36.9 Å². The van der Waals surface area contributed by atoms with Crippen LogP contribution in [0, 0.1) is 5.92 Å². The van der Waals surface area contributed by atoms with Gasteiger partial charge < -0.3 is 19.9 Å². The van der Waals surface area contributed by atoms with Crippen molar-refractivity contribution in [3.63, 3.8) is 0 Å². The molecule has 0 saturated carbocycles. The normalized spacial score (nSPS) is 13.2. The number of carbonyl (C=O) groups is 2. The zero-order valence-electron chi connectivity index (χ0n) is 11.5. The molecule has 6 heteroatoms. The maximum absolute atomic E-state index is 11.6. The van der Waals surface area contributed by atoms with Gasteiger partial charge in [-0.25, -0.2) is 9.59 Å². The molecule has 0 unspecified atom stereocenters. The summed E-state index contributed by atoms with van der Waals surface area (Å²) in [5.41, 5.74) is 0.840. The van der Waals surface area contributed by atoms with Crippen molar-refractivity contribution < 1.29 is 24.2 Å². The number of methoxy groups -OCH3 is 1. The third-order valence-corrected chi connectivity index (χ3v) is 2.80. The first-order chi connectivity index (χ1) is 9.58. The maximum atomic E-state index is 11.6. The van der Waals surface area contributed by atoms with E-state index in [0.717, 1.165) is 5.56 Å². The fraction of sp³-hybridized carbons (Fsp3) is 0.429. The fourth-order valence-corrected chi connectivity index (χ4v) is 1.56. The molecule has 1 aromatic rings. The number of alkyl carbamates (subject to hydrolysis) is 1. The van der Waals surface area contributed by atoms with Crippen LogP contribution in [0.4, 0.5) is 4.79 Å². The number of ether oxygens (including phenoxy) is 2. The van der Waals surface area contributed by atoms with Gasteiger partial charge in [0.05, 0.1) is 7.11 Å². The zero-order valence-corrected chi connectivity index (χ0v) is 11.5. The van der Waals surface area contributed by atoms with E-state index in [1.54, 1.807) is 6.92 Å². The number of carbonyl (C=O) groups excluding carboxylic acids is 2. The molecule has 1 rings (SSSR count). The Morgan fingerprint density at radius 1 is 1.30 bits per heavy atom. The van der Waals surface area contributed by atoms with E-state index in [-0.39, 0.29) is 13.2 Å². The molecule has 0 saturated heterocycles. The Morgan fingerprint density at radius 3 is 2.50 bits per heavy atom. The summed E-state index contributed by atoms with van der Waals surface area (Å²) < 4.78 is 9.59. The monoisotopic (exact) mass is 281 g/mol. The highest BCUT2D eigenvalue weighted by molar-refractivity contribution is 5.81. The predicted molar refractivity (Wildman–Crippen MR) is 71.8 cm³/mol. The summed E-state index contributed by atoms with van der Waals surface area (Å²) in [4.78, 5) is 23.2. The van der Waals surface area contributed by atoms with Crippen molar-refractivity contribution in [3.05, 3.63) is 35.9 Å².